The van der Waals surface area contributed by atoms with Crippen LogP contribution in [0.15, 0.2) is 18.2 Å². The molecule has 0 atom stereocenters. The fourth-order valence-electron chi connectivity index (χ4n) is 0.891. The number of nitrogens with two attached hydrogens (primary N) is 1. The molecule has 92 valence electrons. The van der Waals surface area contributed by atoms with Crippen molar-refractivity contribution in [2.24, 2.45) is 5.73 Å². The normalized spacial score (nSPS) is 10.6. The zero-order valence-electron chi connectivity index (χ0n) is 8.13. The van der Waals surface area contributed by atoms with Crippen LogP contribution in [0.25, 0.3) is 0 Å². The van der Waals surface area contributed by atoms with Crippen LogP contribution in [0.5, 0.6) is 11.5 Å². The summed E-state index contributed by atoms with van der Waals surface area (Å²) in [7, 11) is 0. The summed E-state index contributed by atoms with van der Waals surface area (Å²) in [6.07, 6.45) is -4.78. The average molecular weight is 241 g/mol. The van der Waals surface area contributed by atoms with Crippen LogP contribution < -0.4 is 5.73 Å². The highest BCUT2D eigenvalue weighted by molar-refractivity contribution is 5.40. The maximum absolute atomic E-state index is 9.69. The molecule has 0 saturated carbocycles. The molecule has 0 radical (unpaired) electrons. The molecule has 3 nitrogen and oxygen atoms in total. The summed E-state index contributed by atoms with van der Waals surface area (Å²) < 4.78 is 38.8. The SMILES string of the molecule is FC(F)(F)F.NCCc1ccc(O)c(O)c1. The van der Waals surface area contributed by atoms with Crippen LogP contribution in [0, 0.1) is 0 Å². The summed E-state index contributed by atoms with van der Waals surface area (Å²) in [6, 6.07) is 4.71. The Kier molecular flexibility index (Phi) is 5.59. The molecule has 0 unspecified atom stereocenters. The van der Waals surface area contributed by atoms with Crippen molar-refractivity contribution in [3.05, 3.63) is 23.8 Å². The third kappa shape index (κ3) is 7.86. The van der Waals surface area contributed by atoms with E-state index in [-0.39, 0.29) is 11.5 Å². The third-order valence-electron chi connectivity index (χ3n) is 1.47. The molecule has 0 heterocycles. The number of hydrogen-bond donors (Lipinski definition) is 3. The molecule has 7 heteroatoms. The summed E-state index contributed by atoms with van der Waals surface area (Å²) in [5.41, 5.74) is 6.24. The number of rotatable bonds is 2. The highest BCUT2D eigenvalue weighted by Gasteiger charge is 2.24. The Morgan fingerprint density at radius 2 is 1.56 bits per heavy atom. The maximum atomic E-state index is 9.69. The van der Waals surface area contributed by atoms with Crippen LogP contribution in [-0.2, 0) is 6.42 Å². The molecule has 0 aliphatic rings. The van der Waals surface area contributed by atoms with Crippen molar-refractivity contribution in [3.63, 3.8) is 0 Å². The summed E-state index contributed by atoms with van der Waals surface area (Å²) in [5, 5.41) is 18.0. The minimum Gasteiger partial charge on any atom is -0.504 e. The highest BCUT2D eigenvalue weighted by atomic mass is 19.5. The van der Waals surface area contributed by atoms with Crippen LogP contribution >= 0.6 is 0 Å². The van der Waals surface area contributed by atoms with Gasteiger partial charge in [0.15, 0.2) is 11.5 Å². The van der Waals surface area contributed by atoms with E-state index in [0.29, 0.717) is 13.0 Å². The van der Waals surface area contributed by atoms with Gasteiger partial charge in [-0.3, -0.25) is 0 Å². The highest BCUT2D eigenvalue weighted by Crippen LogP contribution is 2.24. The lowest BCUT2D eigenvalue weighted by atomic mass is 10.1. The first-order valence-corrected chi connectivity index (χ1v) is 4.20. The summed E-state index contributed by atoms with van der Waals surface area (Å²) in [6.45, 7) is 0.546. The van der Waals surface area contributed by atoms with Crippen molar-refractivity contribution in [1.82, 2.24) is 0 Å². The number of phenolic OH excluding ortho intramolecular Hbond substituents is 2. The van der Waals surface area contributed by atoms with Gasteiger partial charge in [0.2, 0.25) is 0 Å². The second-order valence-electron chi connectivity index (χ2n) is 2.79. The van der Waals surface area contributed by atoms with E-state index in [9.17, 15) is 17.6 Å². The molecular formula is C9H11F4NO2. The minimum absolute atomic E-state index is 0.0871. The molecule has 0 aliphatic carbocycles. The first kappa shape index (κ1) is 14.5. The Morgan fingerprint density at radius 3 is 1.94 bits per heavy atom. The third-order valence-corrected chi connectivity index (χ3v) is 1.47. The smallest absolute Gasteiger partial charge is 0.504 e. The van der Waals surface area contributed by atoms with Crippen LogP contribution in [0.3, 0.4) is 0 Å². The van der Waals surface area contributed by atoms with Crippen LogP contribution in [0.2, 0.25) is 0 Å². The first-order chi connectivity index (χ1) is 7.24. The van der Waals surface area contributed by atoms with Gasteiger partial charge in [-0.15, -0.1) is 17.6 Å². The van der Waals surface area contributed by atoms with Crippen molar-refractivity contribution >= 4 is 0 Å². The molecule has 0 bridgehead atoms. The second kappa shape index (κ2) is 6.16. The van der Waals surface area contributed by atoms with Crippen molar-refractivity contribution in [2.45, 2.75) is 12.9 Å². The van der Waals surface area contributed by atoms with E-state index < -0.39 is 6.43 Å². The zero-order chi connectivity index (χ0) is 12.8. The largest absolute Gasteiger partial charge is 0.559 e. The molecule has 1 aromatic carbocycles. The second-order valence-corrected chi connectivity index (χ2v) is 2.79. The first-order valence-electron chi connectivity index (χ1n) is 4.20. The van der Waals surface area contributed by atoms with Gasteiger partial charge in [-0.2, -0.15) is 0 Å². The molecule has 1 rings (SSSR count). The molecule has 0 saturated heterocycles. The number of phenols is 2. The predicted molar refractivity (Wildman–Crippen MR) is 49.7 cm³/mol. The van der Waals surface area contributed by atoms with Crippen LogP contribution in [-0.4, -0.2) is 23.2 Å². The summed E-state index contributed by atoms with van der Waals surface area (Å²) in [4.78, 5) is 0. The van der Waals surface area contributed by atoms with E-state index in [1.807, 2.05) is 0 Å². The van der Waals surface area contributed by atoms with Crippen molar-refractivity contribution < 1.29 is 27.8 Å². The van der Waals surface area contributed by atoms with Gasteiger partial charge in [0.1, 0.15) is 0 Å². The lowest BCUT2D eigenvalue weighted by Gasteiger charge is -2.00. The van der Waals surface area contributed by atoms with E-state index in [0.717, 1.165) is 5.56 Å². The minimum atomic E-state index is -5.50. The van der Waals surface area contributed by atoms with Crippen LogP contribution in [0.1, 0.15) is 5.56 Å². The Morgan fingerprint density at radius 1 is 1.06 bits per heavy atom. The number of benzene rings is 1. The van der Waals surface area contributed by atoms with Crippen molar-refractivity contribution in [2.75, 3.05) is 6.54 Å². The molecule has 0 spiro atoms. The zero-order valence-corrected chi connectivity index (χ0v) is 8.13. The molecule has 0 fully saturated rings. The van der Waals surface area contributed by atoms with Gasteiger partial charge in [-0.1, -0.05) is 6.07 Å². The lowest BCUT2D eigenvalue weighted by molar-refractivity contribution is -0.237. The Bertz CT molecular complexity index is 322. The average Bonchev–Trinajstić information content (AvgIpc) is 2.09. The molecule has 0 amide bonds. The molecule has 0 aliphatic heterocycles. The predicted octanol–water partition coefficient (Wildman–Crippen LogP) is 2.07. The van der Waals surface area contributed by atoms with Crippen molar-refractivity contribution in [3.8, 4) is 11.5 Å². The summed E-state index contributed by atoms with van der Waals surface area (Å²) in [5.74, 6) is -0.179. The number of halogens is 4. The van der Waals surface area contributed by atoms with E-state index in [4.69, 9.17) is 15.9 Å². The van der Waals surface area contributed by atoms with Gasteiger partial charge in [0, 0.05) is 0 Å². The standard InChI is InChI=1S/C8H11NO2.CF4/c9-4-3-6-1-2-7(10)8(11)5-6;2-1(3,4)5/h1-2,5,10-11H,3-4,9H2;. The number of aromatic hydroxyl groups is 2. The fourth-order valence-corrected chi connectivity index (χ4v) is 0.891. The topological polar surface area (TPSA) is 66.5 Å². The van der Waals surface area contributed by atoms with Gasteiger partial charge in [0.05, 0.1) is 0 Å². The Balaban J connectivity index is 0.000000385. The molecule has 0 aromatic heterocycles. The van der Waals surface area contributed by atoms with Gasteiger partial charge in [-0.05, 0) is 30.7 Å². The van der Waals surface area contributed by atoms with Gasteiger partial charge >= 0.3 is 6.43 Å². The molecule has 1 aromatic rings. The van der Waals surface area contributed by atoms with Gasteiger partial charge in [0.25, 0.3) is 0 Å². The Labute approximate surface area is 89.1 Å². The van der Waals surface area contributed by atoms with Crippen LogP contribution in [0.4, 0.5) is 17.6 Å². The molecule has 4 N–H and O–H groups in total. The van der Waals surface area contributed by atoms with E-state index >= 15 is 0 Å². The quantitative estimate of drug-likeness (QED) is 0.548. The van der Waals surface area contributed by atoms with E-state index in [1.54, 1.807) is 6.07 Å². The molecule has 16 heavy (non-hydrogen) atoms. The maximum Gasteiger partial charge on any atom is 0.559 e. The lowest BCUT2D eigenvalue weighted by Crippen LogP contribution is -2.02. The monoisotopic (exact) mass is 241 g/mol. The Hall–Kier alpha value is -1.50. The van der Waals surface area contributed by atoms with Gasteiger partial charge in [-0.25, -0.2) is 0 Å². The molecular weight excluding hydrogens is 230 g/mol. The van der Waals surface area contributed by atoms with Crippen molar-refractivity contribution in [1.29, 1.82) is 0 Å². The summed E-state index contributed by atoms with van der Waals surface area (Å²) >= 11 is 0. The van der Waals surface area contributed by atoms with E-state index in [1.165, 1.54) is 12.1 Å². The van der Waals surface area contributed by atoms with Gasteiger partial charge < -0.3 is 15.9 Å². The fraction of sp³-hybridized carbons (Fsp3) is 0.333. The van der Waals surface area contributed by atoms with E-state index in [2.05, 4.69) is 0 Å². The number of alkyl halides is 4. The number of hydrogen-bond acceptors (Lipinski definition) is 3.